The molecule has 0 radical (unpaired) electrons. The molecule has 0 aliphatic rings. The van der Waals surface area contributed by atoms with Crippen LogP contribution in [0.3, 0.4) is 0 Å². The molecule has 0 saturated heterocycles. The third-order valence-corrected chi connectivity index (χ3v) is 5.30. The van der Waals surface area contributed by atoms with Gasteiger partial charge in [-0.3, -0.25) is 4.79 Å². The highest BCUT2D eigenvalue weighted by atomic mass is 35.5. The topological polar surface area (TPSA) is 75.3 Å². The molecule has 128 valence electrons. The summed E-state index contributed by atoms with van der Waals surface area (Å²) < 4.78 is 27.1. The van der Waals surface area contributed by atoms with E-state index in [0.29, 0.717) is 16.1 Å². The molecule has 2 N–H and O–H groups in total. The number of hydrogen-bond donors (Lipinski definition) is 2. The Kier molecular flexibility index (Phi) is 5.99. The first-order valence-corrected chi connectivity index (χ1v) is 9.26. The van der Waals surface area contributed by atoms with Crippen LogP contribution in [0.25, 0.3) is 0 Å². The molecule has 0 atom stereocenters. The molecule has 0 fully saturated rings. The van der Waals surface area contributed by atoms with Gasteiger partial charge in [0.2, 0.25) is 10.0 Å². The molecule has 0 bridgehead atoms. The first-order valence-electron chi connectivity index (χ1n) is 7.40. The summed E-state index contributed by atoms with van der Waals surface area (Å²) >= 11 is 5.77. The Morgan fingerprint density at radius 3 is 2.38 bits per heavy atom. The number of carbonyl (C=O) groups is 1. The second kappa shape index (κ2) is 7.79. The third-order valence-electron chi connectivity index (χ3n) is 3.44. The van der Waals surface area contributed by atoms with Crippen LogP contribution in [0, 0.1) is 13.8 Å². The summed E-state index contributed by atoms with van der Waals surface area (Å²) in [5.41, 5.74) is 2.02. The molecule has 0 aliphatic heterocycles. The number of carbonyl (C=O) groups excluding carboxylic acids is 1. The monoisotopic (exact) mass is 366 g/mol. The van der Waals surface area contributed by atoms with Crippen LogP contribution in [0.2, 0.25) is 5.02 Å². The molecular formula is C17H19ClN2O3S. The van der Waals surface area contributed by atoms with Gasteiger partial charge in [-0.05, 0) is 55.3 Å². The highest BCUT2D eigenvalue weighted by Gasteiger charge is 2.16. The first kappa shape index (κ1) is 18.4. The van der Waals surface area contributed by atoms with Crippen molar-refractivity contribution in [3.8, 4) is 0 Å². The summed E-state index contributed by atoms with van der Waals surface area (Å²) in [5.74, 6) is -0.280. The van der Waals surface area contributed by atoms with Gasteiger partial charge in [0, 0.05) is 23.7 Å². The number of hydrogen-bond acceptors (Lipinski definition) is 3. The fourth-order valence-corrected chi connectivity index (χ4v) is 3.62. The molecule has 2 aromatic rings. The lowest BCUT2D eigenvalue weighted by atomic mass is 10.2. The standard InChI is InChI=1S/C17H19ClN2O3S/c1-12-3-4-13(2)16(11-12)24(22,23)20-10-9-19-17(21)14-5-7-15(18)8-6-14/h3-8,11,20H,9-10H2,1-2H3,(H,19,21). The predicted octanol–water partition coefficient (Wildman–Crippen LogP) is 2.67. The molecule has 1 amide bonds. The number of sulfonamides is 1. The van der Waals surface area contributed by atoms with E-state index < -0.39 is 10.0 Å². The Balaban J connectivity index is 1.90. The third kappa shape index (κ3) is 4.80. The summed E-state index contributed by atoms with van der Waals surface area (Å²) in [7, 11) is -3.60. The highest BCUT2D eigenvalue weighted by molar-refractivity contribution is 7.89. The Hall–Kier alpha value is -1.89. The minimum absolute atomic E-state index is 0.106. The van der Waals surface area contributed by atoms with Crippen LogP contribution in [-0.2, 0) is 10.0 Å². The van der Waals surface area contributed by atoms with Crippen LogP contribution in [0.4, 0.5) is 0 Å². The molecule has 2 rings (SSSR count). The summed E-state index contributed by atoms with van der Waals surface area (Å²) in [4.78, 5) is 12.2. The fraction of sp³-hybridized carbons (Fsp3) is 0.235. The van der Waals surface area contributed by atoms with Crippen molar-refractivity contribution in [2.45, 2.75) is 18.7 Å². The summed E-state index contributed by atoms with van der Waals surface area (Å²) in [6.07, 6.45) is 0. The predicted molar refractivity (Wildman–Crippen MR) is 94.9 cm³/mol. The van der Waals surface area contributed by atoms with Crippen molar-refractivity contribution in [3.63, 3.8) is 0 Å². The van der Waals surface area contributed by atoms with E-state index in [1.54, 1.807) is 43.3 Å². The van der Waals surface area contributed by atoms with Gasteiger partial charge < -0.3 is 5.32 Å². The first-order chi connectivity index (χ1) is 11.3. The van der Waals surface area contributed by atoms with Crippen LogP contribution in [0.5, 0.6) is 0 Å². The Labute approximate surface area is 147 Å². The van der Waals surface area contributed by atoms with Gasteiger partial charge in [0.15, 0.2) is 0 Å². The van der Waals surface area contributed by atoms with Gasteiger partial charge >= 0.3 is 0 Å². The zero-order chi connectivity index (χ0) is 17.7. The Morgan fingerprint density at radius 1 is 1.04 bits per heavy atom. The van der Waals surface area contributed by atoms with E-state index in [9.17, 15) is 13.2 Å². The molecule has 7 heteroatoms. The van der Waals surface area contributed by atoms with E-state index in [1.807, 2.05) is 13.0 Å². The van der Waals surface area contributed by atoms with Gasteiger partial charge in [-0.15, -0.1) is 0 Å². The van der Waals surface area contributed by atoms with Crippen LogP contribution in [-0.4, -0.2) is 27.4 Å². The quantitative estimate of drug-likeness (QED) is 0.772. The second-order valence-electron chi connectivity index (χ2n) is 5.43. The lowest BCUT2D eigenvalue weighted by molar-refractivity contribution is 0.0954. The van der Waals surface area contributed by atoms with Crippen molar-refractivity contribution >= 4 is 27.5 Å². The summed E-state index contributed by atoms with van der Waals surface area (Å²) in [5, 5.41) is 3.21. The van der Waals surface area contributed by atoms with E-state index in [4.69, 9.17) is 11.6 Å². The fourth-order valence-electron chi connectivity index (χ4n) is 2.14. The van der Waals surface area contributed by atoms with E-state index in [1.165, 1.54) is 0 Å². The average Bonchev–Trinajstić information content (AvgIpc) is 2.54. The SMILES string of the molecule is Cc1ccc(C)c(S(=O)(=O)NCCNC(=O)c2ccc(Cl)cc2)c1. The normalized spacial score (nSPS) is 11.3. The molecule has 0 spiro atoms. The van der Waals surface area contributed by atoms with Gasteiger partial charge in [0.1, 0.15) is 0 Å². The van der Waals surface area contributed by atoms with Crippen LogP contribution >= 0.6 is 11.6 Å². The molecule has 0 heterocycles. The highest BCUT2D eigenvalue weighted by Crippen LogP contribution is 2.16. The lowest BCUT2D eigenvalue weighted by Gasteiger charge is -2.11. The van der Waals surface area contributed by atoms with Crippen molar-refractivity contribution in [2.75, 3.05) is 13.1 Å². The van der Waals surface area contributed by atoms with E-state index in [2.05, 4.69) is 10.0 Å². The molecule has 0 aromatic heterocycles. The summed E-state index contributed by atoms with van der Waals surface area (Å²) in [6, 6.07) is 11.7. The molecule has 0 saturated carbocycles. The molecule has 2 aromatic carbocycles. The van der Waals surface area contributed by atoms with E-state index >= 15 is 0 Å². The molecule has 24 heavy (non-hydrogen) atoms. The molecule has 0 aliphatic carbocycles. The van der Waals surface area contributed by atoms with Crippen molar-refractivity contribution in [1.29, 1.82) is 0 Å². The molecule has 0 unspecified atom stereocenters. The number of rotatable bonds is 6. The number of aryl methyl sites for hydroxylation is 2. The Bertz CT molecular complexity index is 833. The minimum atomic E-state index is -3.60. The van der Waals surface area contributed by atoms with Crippen molar-refractivity contribution in [3.05, 3.63) is 64.2 Å². The number of benzene rings is 2. The molecular weight excluding hydrogens is 348 g/mol. The lowest BCUT2D eigenvalue weighted by Crippen LogP contribution is -2.34. The van der Waals surface area contributed by atoms with Crippen molar-refractivity contribution in [2.24, 2.45) is 0 Å². The van der Waals surface area contributed by atoms with Crippen LogP contribution in [0.1, 0.15) is 21.5 Å². The van der Waals surface area contributed by atoms with Gasteiger partial charge in [-0.2, -0.15) is 0 Å². The van der Waals surface area contributed by atoms with Gasteiger partial charge in [0.05, 0.1) is 4.90 Å². The number of halogens is 1. The van der Waals surface area contributed by atoms with E-state index in [-0.39, 0.29) is 23.9 Å². The zero-order valence-corrected chi connectivity index (χ0v) is 15.0. The molecule has 5 nitrogen and oxygen atoms in total. The van der Waals surface area contributed by atoms with Gasteiger partial charge in [-0.25, -0.2) is 13.1 Å². The van der Waals surface area contributed by atoms with E-state index in [0.717, 1.165) is 5.56 Å². The zero-order valence-electron chi connectivity index (χ0n) is 13.5. The van der Waals surface area contributed by atoms with Gasteiger partial charge in [-0.1, -0.05) is 23.7 Å². The maximum Gasteiger partial charge on any atom is 0.251 e. The maximum atomic E-state index is 12.3. The van der Waals surface area contributed by atoms with Crippen LogP contribution in [0.15, 0.2) is 47.4 Å². The van der Waals surface area contributed by atoms with Gasteiger partial charge in [0.25, 0.3) is 5.91 Å². The minimum Gasteiger partial charge on any atom is -0.351 e. The maximum absolute atomic E-state index is 12.3. The van der Waals surface area contributed by atoms with Crippen LogP contribution < -0.4 is 10.0 Å². The number of nitrogens with one attached hydrogen (secondary N) is 2. The average molecular weight is 367 g/mol. The van der Waals surface area contributed by atoms with Crippen molar-refractivity contribution in [1.82, 2.24) is 10.0 Å². The summed E-state index contributed by atoms with van der Waals surface area (Å²) in [6.45, 7) is 3.88. The smallest absolute Gasteiger partial charge is 0.251 e. The Morgan fingerprint density at radius 2 is 1.71 bits per heavy atom. The largest absolute Gasteiger partial charge is 0.351 e. The van der Waals surface area contributed by atoms with Crippen molar-refractivity contribution < 1.29 is 13.2 Å². The number of amides is 1. The second-order valence-corrected chi connectivity index (χ2v) is 7.60.